The predicted octanol–water partition coefficient (Wildman–Crippen LogP) is 1.99. The van der Waals surface area contributed by atoms with Gasteiger partial charge in [-0.15, -0.1) is 12.4 Å². The number of hydrogen-bond acceptors (Lipinski definition) is 2. The molecular formula is C14H21ClN2O. The zero-order valence-electron chi connectivity index (χ0n) is 10.7. The molecule has 3 nitrogen and oxygen atoms in total. The second kappa shape index (κ2) is 6.21. The first-order valence-corrected chi connectivity index (χ1v) is 6.24. The van der Waals surface area contributed by atoms with E-state index in [2.05, 4.69) is 5.32 Å². The molecule has 0 radical (unpaired) electrons. The second-order valence-corrected chi connectivity index (χ2v) is 4.97. The van der Waals surface area contributed by atoms with E-state index in [1.165, 1.54) is 0 Å². The third kappa shape index (κ3) is 3.24. The van der Waals surface area contributed by atoms with Crippen molar-refractivity contribution in [2.75, 3.05) is 6.54 Å². The van der Waals surface area contributed by atoms with Gasteiger partial charge >= 0.3 is 0 Å². The van der Waals surface area contributed by atoms with Gasteiger partial charge in [-0.1, -0.05) is 30.3 Å². The molecule has 0 bridgehead atoms. The number of nitrogens with two attached hydrogens (primary N) is 1. The van der Waals surface area contributed by atoms with Crippen LogP contribution in [0.2, 0.25) is 0 Å². The number of carbonyl (C=O) groups is 1. The van der Waals surface area contributed by atoms with E-state index in [0.29, 0.717) is 6.54 Å². The van der Waals surface area contributed by atoms with Gasteiger partial charge in [0.05, 0.1) is 5.41 Å². The monoisotopic (exact) mass is 268 g/mol. The lowest BCUT2D eigenvalue weighted by atomic mass is 9.95. The Morgan fingerprint density at radius 3 is 2.50 bits per heavy atom. The lowest BCUT2D eigenvalue weighted by Crippen LogP contribution is -2.36. The SMILES string of the molecule is CC(N)CCNC(=O)C1(c2ccccc2)CC1.Cl. The molecule has 0 spiro atoms. The van der Waals surface area contributed by atoms with E-state index in [1.807, 2.05) is 37.3 Å². The van der Waals surface area contributed by atoms with Crippen LogP contribution in [0, 0.1) is 0 Å². The molecule has 0 aromatic heterocycles. The smallest absolute Gasteiger partial charge is 0.230 e. The van der Waals surface area contributed by atoms with E-state index in [4.69, 9.17) is 5.73 Å². The van der Waals surface area contributed by atoms with Gasteiger partial charge in [-0.25, -0.2) is 0 Å². The van der Waals surface area contributed by atoms with Gasteiger partial charge in [0.2, 0.25) is 5.91 Å². The average Bonchev–Trinajstić information content (AvgIpc) is 3.11. The third-order valence-corrected chi connectivity index (χ3v) is 3.40. The normalized spacial score (nSPS) is 17.4. The fraction of sp³-hybridized carbons (Fsp3) is 0.500. The lowest BCUT2D eigenvalue weighted by Gasteiger charge is -2.16. The first-order chi connectivity index (χ1) is 8.15. The fourth-order valence-electron chi connectivity index (χ4n) is 2.11. The van der Waals surface area contributed by atoms with Crippen LogP contribution in [0.3, 0.4) is 0 Å². The highest BCUT2D eigenvalue weighted by molar-refractivity contribution is 5.91. The minimum atomic E-state index is -0.251. The van der Waals surface area contributed by atoms with Crippen LogP contribution in [0.1, 0.15) is 31.7 Å². The number of hydrogen-bond donors (Lipinski definition) is 2. The summed E-state index contributed by atoms with van der Waals surface area (Å²) in [5, 5.41) is 3.00. The van der Waals surface area contributed by atoms with Crippen molar-refractivity contribution < 1.29 is 4.79 Å². The summed E-state index contributed by atoms with van der Waals surface area (Å²) < 4.78 is 0. The zero-order chi connectivity index (χ0) is 12.3. The molecule has 1 atom stereocenters. The summed E-state index contributed by atoms with van der Waals surface area (Å²) in [6.07, 6.45) is 2.75. The summed E-state index contributed by atoms with van der Waals surface area (Å²) in [6.45, 7) is 2.63. The van der Waals surface area contributed by atoms with Crippen LogP contribution in [0.15, 0.2) is 30.3 Å². The molecule has 1 aliphatic rings. The molecule has 1 aliphatic carbocycles. The van der Waals surface area contributed by atoms with Gasteiger partial charge in [0.25, 0.3) is 0 Å². The molecule has 3 N–H and O–H groups in total. The summed E-state index contributed by atoms with van der Waals surface area (Å²) in [6, 6.07) is 10.2. The van der Waals surface area contributed by atoms with E-state index in [1.54, 1.807) is 0 Å². The molecule has 18 heavy (non-hydrogen) atoms. The maximum Gasteiger partial charge on any atom is 0.230 e. The highest BCUT2D eigenvalue weighted by Crippen LogP contribution is 2.48. The maximum absolute atomic E-state index is 12.2. The maximum atomic E-state index is 12.2. The molecule has 1 fully saturated rings. The van der Waals surface area contributed by atoms with Crippen molar-refractivity contribution in [2.45, 2.75) is 37.6 Å². The number of rotatable bonds is 5. The quantitative estimate of drug-likeness (QED) is 0.858. The predicted molar refractivity (Wildman–Crippen MR) is 75.9 cm³/mol. The summed E-state index contributed by atoms with van der Waals surface area (Å²) >= 11 is 0. The number of benzene rings is 1. The molecule has 0 heterocycles. The van der Waals surface area contributed by atoms with E-state index in [-0.39, 0.29) is 29.8 Å². The van der Waals surface area contributed by atoms with E-state index >= 15 is 0 Å². The Bertz CT molecular complexity index is 388. The molecule has 1 aromatic carbocycles. The summed E-state index contributed by atoms with van der Waals surface area (Å²) in [5.74, 6) is 0.157. The highest BCUT2D eigenvalue weighted by atomic mass is 35.5. The van der Waals surface area contributed by atoms with Crippen molar-refractivity contribution in [3.8, 4) is 0 Å². The number of carbonyl (C=O) groups excluding carboxylic acids is 1. The van der Waals surface area contributed by atoms with Crippen LogP contribution in [0.25, 0.3) is 0 Å². The van der Waals surface area contributed by atoms with Gasteiger partial charge in [0.15, 0.2) is 0 Å². The molecule has 1 aromatic rings. The van der Waals surface area contributed by atoms with Crippen LogP contribution < -0.4 is 11.1 Å². The highest BCUT2D eigenvalue weighted by Gasteiger charge is 2.50. The van der Waals surface area contributed by atoms with Crippen LogP contribution in [0.4, 0.5) is 0 Å². The van der Waals surface area contributed by atoms with Crippen molar-refractivity contribution in [1.82, 2.24) is 5.32 Å². The number of halogens is 1. The van der Waals surface area contributed by atoms with Crippen molar-refractivity contribution >= 4 is 18.3 Å². The zero-order valence-corrected chi connectivity index (χ0v) is 11.5. The standard InChI is InChI=1S/C14H20N2O.ClH/c1-11(15)7-10-16-13(17)14(8-9-14)12-5-3-2-4-6-12;/h2-6,11H,7-10,15H2,1H3,(H,16,17);1H. The van der Waals surface area contributed by atoms with E-state index in [9.17, 15) is 4.79 Å². The van der Waals surface area contributed by atoms with Crippen molar-refractivity contribution in [3.05, 3.63) is 35.9 Å². The largest absolute Gasteiger partial charge is 0.355 e. The fourth-order valence-corrected chi connectivity index (χ4v) is 2.11. The molecule has 100 valence electrons. The molecule has 1 saturated carbocycles. The van der Waals surface area contributed by atoms with E-state index < -0.39 is 0 Å². The first-order valence-electron chi connectivity index (χ1n) is 6.24. The summed E-state index contributed by atoms with van der Waals surface area (Å²) in [5.41, 5.74) is 6.55. The molecule has 0 saturated heterocycles. The van der Waals surface area contributed by atoms with Gasteiger partial charge in [-0.05, 0) is 31.7 Å². The Morgan fingerprint density at radius 1 is 1.39 bits per heavy atom. The number of nitrogens with one attached hydrogen (secondary N) is 1. The Labute approximate surface area is 115 Å². The van der Waals surface area contributed by atoms with Crippen LogP contribution >= 0.6 is 12.4 Å². The lowest BCUT2D eigenvalue weighted by molar-refractivity contribution is -0.123. The molecule has 0 aliphatic heterocycles. The van der Waals surface area contributed by atoms with Crippen molar-refractivity contribution in [1.29, 1.82) is 0 Å². The average molecular weight is 269 g/mol. The Hall–Kier alpha value is -1.06. The first kappa shape index (κ1) is 15.0. The summed E-state index contributed by atoms with van der Waals surface area (Å²) in [7, 11) is 0. The minimum Gasteiger partial charge on any atom is -0.355 e. The van der Waals surface area contributed by atoms with Gasteiger partial charge in [-0.3, -0.25) is 4.79 Å². The Morgan fingerprint density at radius 2 is 2.00 bits per heavy atom. The Balaban J connectivity index is 0.00000162. The third-order valence-electron chi connectivity index (χ3n) is 3.40. The molecular weight excluding hydrogens is 248 g/mol. The topological polar surface area (TPSA) is 55.1 Å². The van der Waals surface area contributed by atoms with E-state index in [0.717, 1.165) is 24.8 Å². The molecule has 1 amide bonds. The van der Waals surface area contributed by atoms with Crippen LogP contribution in [-0.4, -0.2) is 18.5 Å². The molecule has 2 rings (SSSR count). The van der Waals surface area contributed by atoms with Gasteiger partial charge in [0, 0.05) is 12.6 Å². The van der Waals surface area contributed by atoms with Crippen LogP contribution in [-0.2, 0) is 10.2 Å². The Kier molecular flexibility index (Phi) is 5.17. The van der Waals surface area contributed by atoms with Gasteiger partial charge in [0.1, 0.15) is 0 Å². The molecule has 1 unspecified atom stereocenters. The van der Waals surface area contributed by atoms with Gasteiger partial charge in [-0.2, -0.15) is 0 Å². The van der Waals surface area contributed by atoms with Crippen molar-refractivity contribution in [3.63, 3.8) is 0 Å². The van der Waals surface area contributed by atoms with Crippen molar-refractivity contribution in [2.24, 2.45) is 5.73 Å². The van der Waals surface area contributed by atoms with Crippen LogP contribution in [0.5, 0.6) is 0 Å². The number of amides is 1. The van der Waals surface area contributed by atoms with Gasteiger partial charge < -0.3 is 11.1 Å². The summed E-state index contributed by atoms with van der Waals surface area (Å²) in [4.78, 5) is 12.2. The molecule has 4 heteroatoms. The minimum absolute atomic E-state index is 0. The second-order valence-electron chi connectivity index (χ2n) is 4.97.